The van der Waals surface area contributed by atoms with Crippen molar-refractivity contribution in [3.63, 3.8) is 0 Å². The molecule has 27 heavy (non-hydrogen) atoms. The van der Waals surface area contributed by atoms with Gasteiger partial charge in [-0.3, -0.25) is 9.59 Å². The predicted molar refractivity (Wildman–Crippen MR) is 97.4 cm³/mol. The van der Waals surface area contributed by atoms with E-state index in [0.29, 0.717) is 43.2 Å². The molecule has 2 aromatic carbocycles. The van der Waals surface area contributed by atoms with Gasteiger partial charge in [-0.25, -0.2) is 4.39 Å². The molecule has 0 unspecified atom stereocenters. The minimum atomic E-state index is -0.412. The molecular weight excluding hydrogens is 351 g/mol. The van der Waals surface area contributed by atoms with E-state index in [-0.39, 0.29) is 18.4 Å². The molecule has 1 aliphatic heterocycles. The number of methoxy groups -OCH3 is 1. The number of nitrogens with zero attached hydrogens (tertiary/aromatic N) is 2. The van der Waals surface area contributed by atoms with E-state index in [0.717, 1.165) is 0 Å². The van der Waals surface area contributed by atoms with E-state index in [1.807, 2.05) is 0 Å². The SMILES string of the molecule is COc1cccc(C(=O)N2CCN(C(=O)COc3cccc(F)c3)CC2)c1. The molecule has 1 aliphatic rings. The molecule has 142 valence electrons. The van der Waals surface area contributed by atoms with E-state index in [1.54, 1.807) is 47.2 Å². The van der Waals surface area contributed by atoms with E-state index in [2.05, 4.69) is 0 Å². The highest BCUT2D eigenvalue weighted by Gasteiger charge is 2.25. The third kappa shape index (κ3) is 4.75. The van der Waals surface area contributed by atoms with Crippen LogP contribution in [0, 0.1) is 5.82 Å². The summed E-state index contributed by atoms with van der Waals surface area (Å²) in [4.78, 5) is 28.2. The monoisotopic (exact) mass is 372 g/mol. The van der Waals surface area contributed by atoms with Crippen LogP contribution >= 0.6 is 0 Å². The molecule has 0 N–H and O–H groups in total. The summed E-state index contributed by atoms with van der Waals surface area (Å²) in [5.41, 5.74) is 0.559. The number of ether oxygens (including phenoxy) is 2. The highest BCUT2D eigenvalue weighted by Crippen LogP contribution is 2.16. The highest BCUT2D eigenvalue weighted by molar-refractivity contribution is 5.94. The van der Waals surface area contributed by atoms with Crippen molar-refractivity contribution in [2.75, 3.05) is 39.9 Å². The Kier molecular flexibility index (Phi) is 5.90. The Morgan fingerprint density at radius 3 is 2.33 bits per heavy atom. The van der Waals surface area contributed by atoms with Crippen molar-refractivity contribution in [1.82, 2.24) is 9.80 Å². The zero-order valence-corrected chi connectivity index (χ0v) is 15.1. The first-order valence-corrected chi connectivity index (χ1v) is 8.66. The molecule has 0 radical (unpaired) electrons. The fraction of sp³-hybridized carbons (Fsp3) is 0.300. The molecule has 0 aromatic heterocycles. The van der Waals surface area contributed by atoms with Crippen LogP contribution < -0.4 is 9.47 Å². The Labute approximate surface area is 157 Å². The smallest absolute Gasteiger partial charge is 0.260 e. The van der Waals surface area contributed by atoms with Crippen molar-refractivity contribution in [2.24, 2.45) is 0 Å². The van der Waals surface area contributed by atoms with Gasteiger partial charge >= 0.3 is 0 Å². The number of carbonyl (C=O) groups excluding carboxylic acids is 2. The summed E-state index contributed by atoms with van der Waals surface area (Å²) >= 11 is 0. The fourth-order valence-electron chi connectivity index (χ4n) is 2.89. The fourth-order valence-corrected chi connectivity index (χ4v) is 2.89. The van der Waals surface area contributed by atoms with E-state index in [4.69, 9.17) is 9.47 Å². The summed E-state index contributed by atoms with van der Waals surface area (Å²) in [6.07, 6.45) is 0. The maximum atomic E-state index is 13.1. The van der Waals surface area contributed by atoms with Gasteiger partial charge in [0.05, 0.1) is 7.11 Å². The van der Waals surface area contributed by atoms with Crippen molar-refractivity contribution >= 4 is 11.8 Å². The lowest BCUT2D eigenvalue weighted by molar-refractivity contribution is -0.134. The lowest BCUT2D eigenvalue weighted by Crippen LogP contribution is -2.51. The van der Waals surface area contributed by atoms with Gasteiger partial charge in [0.15, 0.2) is 6.61 Å². The Bertz CT molecular complexity index is 819. The van der Waals surface area contributed by atoms with Gasteiger partial charge in [0.1, 0.15) is 17.3 Å². The molecule has 0 bridgehead atoms. The molecule has 1 heterocycles. The minimum absolute atomic E-state index is 0.0861. The molecule has 3 rings (SSSR count). The van der Waals surface area contributed by atoms with Crippen LogP contribution in [0.15, 0.2) is 48.5 Å². The zero-order valence-electron chi connectivity index (χ0n) is 15.1. The summed E-state index contributed by atoms with van der Waals surface area (Å²) < 4.78 is 23.6. The first-order chi connectivity index (χ1) is 13.1. The highest BCUT2D eigenvalue weighted by atomic mass is 19.1. The van der Waals surface area contributed by atoms with Gasteiger partial charge in [-0.15, -0.1) is 0 Å². The zero-order chi connectivity index (χ0) is 19.2. The van der Waals surface area contributed by atoms with E-state index < -0.39 is 5.82 Å². The number of carbonyl (C=O) groups is 2. The van der Waals surface area contributed by atoms with Crippen LogP contribution in [-0.2, 0) is 4.79 Å². The van der Waals surface area contributed by atoms with Crippen LogP contribution in [0.5, 0.6) is 11.5 Å². The first kappa shape index (κ1) is 18.7. The second-order valence-electron chi connectivity index (χ2n) is 6.15. The Hall–Kier alpha value is -3.09. The van der Waals surface area contributed by atoms with Gasteiger partial charge < -0.3 is 19.3 Å². The minimum Gasteiger partial charge on any atom is -0.497 e. The number of halogens is 1. The van der Waals surface area contributed by atoms with Crippen LogP contribution in [0.25, 0.3) is 0 Å². The number of amides is 2. The molecule has 7 heteroatoms. The topological polar surface area (TPSA) is 59.1 Å². The van der Waals surface area contributed by atoms with Crippen molar-refractivity contribution in [1.29, 1.82) is 0 Å². The van der Waals surface area contributed by atoms with Crippen LogP contribution in [0.3, 0.4) is 0 Å². The molecule has 0 aliphatic carbocycles. The van der Waals surface area contributed by atoms with E-state index in [1.165, 1.54) is 18.2 Å². The predicted octanol–water partition coefficient (Wildman–Crippen LogP) is 2.20. The van der Waals surface area contributed by atoms with Crippen molar-refractivity contribution < 1.29 is 23.5 Å². The normalized spacial score (nSPS) is 14.0. The quantitative estimate of drug-likeness (QED) is 0.807. The number of benzene rings is 2. The molecule has 1 saturated heterocycles. The average molecular weight is 372 g/mol. The Morgan fingerprint density at radius 1 is 0.963 bits per heavy atom. The van der Waals surface area contributed by atoms with Gasteiger partial charge in [0, 0.05) is 37.8 Å². The van der Waals surface area contributed by atoms with Gasteiger partial charge in [-0.1, -0.05) is 12.1 Å². The molecule has 0 saturated carbocycles. The van der Waals surface area contributed by atoms with Crippen LogP contribution in [0.4, 0.5) is 4.39 Å². The molecule has 0 spiro atoms. The third-order valence-corrected chi connectivity index (χ3v) is 4.39. The largest absolute Gasteiger partial charge is 0.497 e. The van der Waals surface area contributed by atoms with Crippen molar-refractivity contribution in [2.45, 2.75) is 0 Å². The molecule has 0 atom stereocenters. The summed E-state index contributed by atoms with van der Waals surface area (Å²) in [5.74, 6) is 0.258. The number of hydrogen-bond acceptors (Lipinski definition) is 4. The number of hydrogen-bond donors (Lipinski definition) is 0. The van der Waals surface area contributed by atoms with Gasteiger partial charge in [0.2, 0.25) is 0 Å². The van der Waals surface area contributed by atoms with Gasteiger partial charge in [0.25, 0.3) is 11.8 Å². The third-order valence-electron chi connectivity index (χ3n) is 4.39. The van der Waals surface area contributed by atoms with Crippen LogP contribution in [-0.4, -0.2) is 61.5 Å². The Morgan fingerprint density at radius 2 is 1.63 bits per heavy atom. The van der Waals surface area contributed by atoms with Crippen molar-refractivity contribution in [3.8, 4) is 11.5 Å². The second-order valence-corrected chi connectivity index (χ2v) is 6.15. The molecule has 1 fully saturated rings. The maximum Gasteiger partial charge on any atom is 0.260 e. The van der Waals surface area contributed by atoms with Gasteiger partial charge in [-0.05, 0) is 30.3 Å². The van der Waals surface area contributed by atoms with Crippen LogP contribution in [0.2, 0.25) is 0 Å². The molecule has 2 amide bonds. The molecule has 2 aromatic rings. The summed E-state index contributed by atoms with van der Waals surface area (Å²) in [5, 5.41) is 0. The second kappa shape index (κ2) is 8.53. The number of rotatable bonds is 5. The standard InChI is InChI=1S/C20H21FN2O4/c1-26-17-6-2-4-15(12-17)20(25)23-10-8-22(9-11-23)19(24)14-27-18-7-3-5-16(21)13-18/h2-7,12-13H,8-11,14H2,1H3. The summed E-state index contributed by atoms with van der Waals surface area (Å²) in [6.45, 7) is 1.60. The molecule has 6 nitrogen and oxygen atoms in total. The summed E-state index contributed by atoms with van der Waals surface area (Å²) in [7, 11) is 1.56. The lowest BCUT2D eigenvalue weighted by Gasteiger charge is -2.34. The maximum absolute atomic E-state index is 13.1. The van der Waals surface area contributed by atoms with Crippen molar-refractivity contribution in [3.05, 3.63) is 59.9 Å². The number of piperazine rings is 1. The van der Waals surface area contributed by atoms with E-state index in [9.17, 15) is 14.0 Å². The Balaban J connectivity index is 1.50. The summed E-state index contributed by atoms with van der Waals surface area (Å²) in [6, 6.07) is 12.7. The van der Waals surface area contributed by atoms with Crippen LogP contribution in [0.1, 0.15) is 10.4 Å². The average Bonchev–Trinajstić information content (AvgIpc) is 2.71. The van der Waals surface area contributed by atoms with E-state index >= 15 is 0 Å². The lowest BCUT2D eigenvalue weighted by atomic mass is 10.1. The molecular formula is C20H21FN2O4. The van der Waals surface area contributed by atoms with Gasteiger partial charge in [-0.2, -0.15) is 0 Å². The first-order valence-electron chi connectivity index (χ1n) is 8.66.